The average Bonchev–Trinajstić information content (AvgIpc) is 2.88. The van der Waals surface area contributed by atoms with E-state index < -0.39 is 0 Å². The predicted molar refractivity (Wildman–Crippen MR) is 181 cm³/mol. The van der Waals surface area contributed by atoms with E-state index in [4.69, 9.17) is 0 Å². The molecular weight excluding hydrogens is 690 g/mol. The number of rotatable bonds is 14. The highest BCUT2D eigenvalue weighted by molar-refractivity contribution is 14.1. The van der Waals surface area contributed by atoms with Gasteiger partial charge in [0.1, 0.15) is 0 Å². The monoisotopic (exact) mass is 746 g/mol. The molecule has 0 atom stereocenters. The summed E-state index contributed by atoms with van der Waals surface area (Å²) in [5, 5.41) is 0. The Hall–Kier alpha value is 0.610. The van der Waals surface area contributed by atoms with Crippen molar-refractivity contribution < 1.29 is 4.79 Å². The van der Waals surface area contributed by atoms with Crippen LogP contribution < -0.4 is 0 Å². The molecule has 3 heteroatoms. The minimum absolute atomic E-state index is 0.233. The molecule has 0 aliphatic heterocycles. The second-order valence-corrected chi connectivity index (χ2v) is 16.7. The average molecular weight is 747 g/mol. The lowest BCUT2D eigenvalue weighted by molar-refractivity contribution is -0.110. The summed E-state index contributed by atoms with van der Waals surface area (Å²) in [6.07, 6.45) is 35.1. The Morgan fingerprint density at radius 2 is 1.03 bits per heavy atom. The van der Waals surface area contributed by atoms with Crippen molar-refractivity contribution in [2.75, 3.05) is 0 Å². The Labute approximate surface area is 262 Å². The second kappa shape index (κ2) is 15.2. The van der Waals surface area contributed by atoms with Gasteiger partial charge >= 0.3 is 0 Å². The largest absolute Gasteiger partial charge is 0.290 e. The first-order chi connectivity index (χ1) is 18.4. The molecule has 0 aromatic heterocycles. The Morgan fingerprint density at radius 3 is 1.37 bits per heavy atom. The number of ketones is 1. The first-order valence-electron chi connectivity index (χ1n) is 16.6. The number of halogens is 2. The van der Waals surface area contributed by atoms with Gasteiger partial charge in [-0.15, -0.1) is 0 Å². The van der Waals surface area contributed by atoms with Gasteiger partial charge in [-0.1, -0.05) is 117 Å². The van der Waals surface area contributed by atoms with Crippen LogP contribution in [0.2, 0.25) is 0 Å². The predicted octanol–water partition coefficient (Wildman–Crippen LogP) is 12.3. The van der Waals surface area contributed by atoms with Crippen LogP contribution in [-0.4, -0.2) is 5.78 Å². The second-order valence-electron chi connectivity index (χ2n) is 14.2. The van der Waals surface area contributed by atoms with E-state index in [1.807, 2.05) is 12.2 Å². The lowest BCUT2D eigenvalue weighted by Crippen LogP contribution is -2.37. The van der Waals surface area contributed by atoms with Crippen LogP contribution in [0.15, 0.2) is 19.3 Å². The molecule has 4 rings (SSSR count). The first-order valence-corrected chi connectivity index (χ1v) is 18.8. The van der Waals surface area contributed by atoms with Gasteiger partial charge in [-0.25, -0.2) is 0 Å². The number of hydrogen-bond acceptors (Lipinski definition) is 1. The van der Waals surface area contributed by atoms with E-state index in [0.29, 0.717) is 22.7 Å². The molecule has 0 aromatic rings. The molecule has 0 N–H and O–H groups in total. The molecule has 0 unspecified atom stereocenters. The Balaban J connectivity index is 1.17. The molecule has 0 bridgehead atoms. The Morgan fingerprint density at radius 1 is 0.658 bits per heavy atom. The summed E-state index contributed by atoms with van der Waals surface area (Å²) in [5.41, 5.74) is 1.12. The smallest absolute Gasteiger partial charge is 0.180 e. The van der Waals surface area contributed by atoms with Crippen molar-refractivity contribution in [1.29, 1.82) is 0 Å². The molecule has 4 fully saturated rings. The van der Waals surface area contributed by atoms with Gasteiger partial charge in [0, 0.05) is 0 Å². The van der Waals surface area contributed by atoms with E-state index in [2.05, 4.69) is 59.0 Å². The quantitative estimate of drug-likeness (QED) is 0.128. The van der Waals surface area contributed by atoms with Gasteiger partial charge in [0.05, 0.1) is 0 Å². The van der Waals surface area contributed by atoms with Crippen molar-refractivity contribution in [3.63, 3.8) is 0 Å². The molecule has 4 aliphatic rings. The third kappa shape index (κ3) is 8.81. The maximum atomic E-state index is 12.9. The molecule has 0 spiro atoms. The van der Waals surface area contributed by atoms with E-state index >= 15 is 0 Å². The summed E-state index contributed by atoms with van der Waals surface area (Å²) < 4.78 is 2.62. The van der Waals surface area contributed by atoms with Crippen molar-refractivity contribution in [2.24, 2.45) is 34.5 Å². The van der Waals surface area contributed by atoms with Crippen LogP contribution in [0.3, 0.4) is 0 Å². The number of carbonyl (C=O) groups is 1. The van der Waals surface area contributed by atoms with E-state index in [-0.39, 0.29) is 5.78 Å². The van der Waals surface area contributed by atoms with E-state index in [1.54, 1.807) is 0 Å². The minimum Gasteiger partial charge on any atom is -0.290 e. The van der Waals surface area contributed by atoms with Crippen LogP contribution in [0.1, 0.15) is 155 Å². The summed E-state index contributed by atoms with van der Waals surface area (Å²) in [6.45, 7) is 4.79. The fraction of sp³-hybridized carbons (Fsp3) is 0.857. The van der Waals surface area contributed by atoms with E-state index in [0.717, 1.165) is 11.8 Å². The van der Waals surface area contributed by atoms with Crippen LogP contribution in [-0.2, 0) is 4.79 Å². The van der Waals surface area contributed by atoms with Crippen molar-refractivity contribution in [3.05, 3.63) is 19.3 Å². The van der Waals surface area contributed by atoms with Crippen LogP contribution in [0.4, 0.5) is 0 Å². The molecule has 0 radical (unpaired) electrons. The number of hydrogen-bond donors (Lipinski definition) is 0. The number of carbonyl (C=O) groups excluding carboxylic acids is 1. The lowest BCUT2D eigenvalue weighted by Gasteiger charge is -2.48. The van der Waals surface area contributed by atoms with Gasteiger partial charge in [-0.2, -0.15) is 0 Å². The van der Waals surface area contributed by atoms with Gasteiger partial charge in [0.2, 0.25) is 0 Å². The standard InChI is InChI=1S/C35H56I2O/c1-3-34(19-11-17-27-13-7-5-8-14-27)23-29(24-34)32(36)21-31(38)22-33(37)30-25-35(4-2,26-30)20-12-18-28-15-9-6-10-16-28/h21-22,27-30H,3-20,23-26H2,1-2H3. The lowest BCUT2D eigenvalue weighted by atomic mass is 9.58. The summed E-state index contributed by atoms with van der Waals surface area (Å²) >= 11 is 4.96. The molecule has 0 aromatic carbocycles. The molecule has 4 aliphatic carbocycles. The fourth-order valence-electron chi connectivity index (χ4n) is 8.73. The van der Waals surface area contributed by atoms with Crippen molar-refractivity contribution >= 4 is 51.0 Å². The highest BCUT2D eigenvalue weighted by atomic mass is 127. The SMILES string of the molecule is CCC1(CCCC2CCCCC2)CC(C(I)=CC(=O)C=C(I)C2CC(CC)(CCCC3CCCCC3)C2)C1. The van der Waals surface area contributed by atoms with Crippen LogP contribution in [0, 0.1) is 34.5 Å². The highest BCUT2D eigenvalue weighted by Gasteiger charge is 2.44. The van der Waals surface area contributed by atoms with Gasteiger partial charge in [0.15, 0.2) is 5.78 Å². The van der Waals surface area contributed by atoms with E-state index in [9.17, 15) is 4.79 Å². The van der Waals surface area contributed by atoms with E-state index in [1.165, 1.54) is 148 Å². The summed E-state index contributed by atoms with van der Waals surface area (Å²) in [5.74, 6) is 3.51. The zero-order valence-corrected chi connectivity index (χ0v) is 29.0. The topological polar surface area (TPSA) is 17.1 Å². The van der Waals surface area contributed by atoms with Gasteiger partial charge in [-0.05, 0) is 138 Å². The third-order valence-electron chi connectivity index (χ3n) is 11.6. The number of allylic oxidation sites excluding steroid dienone is 4. The summed E-state index contributed by atoms with van der Waals surface area (Å²) in [7, 11) is 0. The Bertz CT molecular complexity index is 736. The fourth-order valence-corrected chi connectivity index (χ4v) is 10.2. The van der Waals surface area contributed by atoms with Crippen LogP contribution >= 0.6 is 45.2 Å². The molecule has 216 valence electrons. The molecule has 4 saturated carbocycles. The van der Waals surface area contributed by atoms with Crippen LogP contribution in [0.25, 0.3) is 0 Å². The molecule has 0 heterocycles. The van der Waals surface area contributed by atoms with Crippen molar-refractivity contribution in [3.8, 4) is 0 Å². The normalized spacial score (nSPS) is 33.6. The van der Waals surface area contributed by atoms with Gasteiger partial charge in [-0.3, -0.25) is 4.79 Å². The third-order valence-corrected chi connectivity index (χ3v) is 14.0. The molecule has 0 amide bonds. The maximum absolute atomic E-state index is 12.9. The highest BCUT2D eigenvalue weighted by Crippen LogP contribution is 2.57. The van der Waals surface area contributed by atoms with Gasteiger partial charge in [0.25, 0.3) is 0 Å². The molecule has 0 saturated heterocycles. The first kappa shape index (κ1) is 31.5. The molecule has 1 nitrogen and oxygen atoms in total. The molecular formula is C35H56I2O. The van der Waals surface area contributed by atoms with Crippen molar-refractivity contribution in [1.82, 2.24) is 0 Å². The van der Waals surface area contributed by atoms with Gasteiger partial charge < -0.3 is 0 Å². The Kier molecular flexibility index (Phi) is 12.6. The zero-order valence-electron chi connectivity index (χ0n) is 24.7. The summed E-state index contributed by atoms with van der Waals surface area (Å²) in [6, 6.07) is 0. The maximum Gasteiger partial charge on any atom is 0.180 e. The van der Waals surface area contributed by atoms with Crippen molar-refractivity contribution in [2.45, 2.75) is 155 Å². The molecule has 38 heavy (non-hydrogen) atoms. The summed E-state index contributed by atoms with van der Waals surface area (Å²) in [4.78, 5) is 12.9. The van der Waals surface area contributed by atoms with Crippen LogP contribution in [0.5, 0.6) is 0 Å². The zero-order chi connectivity index (χ0) is 27.0. The minimum atomic E-state index is 0.233.